The lowest BCUT2D eigenvalue weighted by atomic mass is 10.5. The van der Waals surface area contributed by atoms with E-state index >= 15 is 0 Å². The van der Waals surface area contributed by atoms with Crippen LogP contribution in [0.3, 0.4) is 0 Å². The van der Waals surface area contributed by atoms with Crippen molar-refractivity contribution >= 4 is 9.84 Å². The highest BCUT2D eigenvalue weighted by Crippen LogP contribution is 2.04. The average molecular weight is 148 g/mol. The minimum atomic E-state index is -2.73. The Balaban J connectivity index is 0.000000291. The second kappa shape index (κ2) is 3.67. The van der Waals surface area contributed by atoms with E-state index < -0.39 is 9.84 Å². The summed E-state index contributed by atoms with van der Waals surface area (Å²) in [6.45, 7) is 4.00. The molecule has 0 aromatic carbocycles. The number of allylic oxidation sites excluding steroid dienone is 1. The standard InChI is InChI=1S/C4H6O2S.C2H6/c5-7(6)3-1-2-4-7;1-2/h1,3H,2,4H2;1-2H3. The quantitative estimate of drug-likeness (QED) is 0.519. The van der Waals surface area contributed by atoms with E-state index in [2.05, 4.69) is 0 Å². The van der Waals surface area contributed by atoms with Crippen molar-refractivity contribution in [3.8, 4) is 0 Å². The third-order valence-corrected chi connectivity index (χ3v) is 2.28. The average Bonchev–Trinajstić information content (AvgIpc) is 2.19. The molecule has 0 amide bonds. The molecule has 0 aromatic heterocycles. The lowest BCUT2D eigenvalue weighted by Crippen LogP contribution is -1.92. The highest BCUT2D eigenvalue weighted by atomic mass is 32.2. The number of sulfone groups is 1. The van der Waals surface area contributed by atoms with Crippen LogP contribution in [0.2, 0.25) is 0 Å². The van der Waals surface area contributed by atoms with E-state index in [4.69, 9.17) is 0 Å². The SMILES string of the molecule is CC.O=S1(=O)C=CCC1. The van der Waals surface area contributed by atoms with Gasteiger partial charge >= 0.3 is 0 Å². The van der Waals surface area contributed by atoms with Gasteiger partial charge in [0.05, 0.1) is 5.75 Å². The molecule has 0 aromatic rings. The van der Waals surface area contributed by atoms with Gasteiger partial charge in [0.25, 0.3) is 0 Å². The molecule has 0 atom stereocenters. The van der Waals surface area contributed by atoms with E-state index in [-0.39, 0.29) is 0 Å². The normalized spacial score (nSPS) is 20.7. The first kappa shape index (κ1) is 8.69. The molecular weight excluding hydrogens is 136 g/mol. The van der Waals surface area contributed by atoms with Gasteiger partial charge in [0.2, 0.25) is 0 Å². The molecule has 1 aliphatic rings. The van der Waals surface area contributed by atoms with Crippen molar-refractivity contribution in [2.75, 3.05) is 5.75 Å². The van der Waals surface area contributed by atoms with Crippen LogP contribution < -0.4 is 0 Å². The minimum absolute atomic E-state index is 0.312. The summed E-state index contributed by atoms with van der Waals surface area (Å²) in [6, 6.07) is 0. The predicted octanol–water partition coefficient (Wildman–Crippen LogP) is 1.34. The summed E-state index contributed by atoms with van der Waals surface area (Å²) >= 11 is 0. The topological polar surface area (TPSA) is 34.1 Å². The first-order valence-electron chi connectivity index (χ1n) is 3.10. The van der Waals surface area contributed by atoms with E-state index in [1.807, 2.05) is 13.8 Å². The van der Waals surface area contributed by atoms with Crippen LogP contribution in [-0.2, 0) is 9.84 Å². The highest BCUT2D eigenvalue weighted by molar-refractivity contribution is 7.94. The van der Waals surface area contributed by atoms with Crippen molar-refractivity contribution in [3.63, 3.8) is 0 Å². The van der Waals surface area contributed by atoms with Gasteiger partial charge in [-0.15, -0.1) is 0 Å². The van der Waals surface area contributed by atoms with Gasteiger partial charge in [-0.1, -0.05) is 19.9 Å². The molecule has 3 heteroatoms. The van der Waals surface area contributed by atoms with Gasteiger partial charge in [0.15, 0.2) is 9.84 Å². The van der Waals surface area contributed by atoms with Crippen LogP contribution in [0.5, 0.6) is 0 Å². The molecule has 9 heavy (non-hydrogen) atoms. The molecule has 1 heterocycles. The molecule has 0 unspecified atom stereocenters. The van der Waals surface area contributed by atoms with E-state index in [0.717, 1.165) is 0 Å². The number of hydrogen-bond acceptors (Lipinski definition) is 2. The Morgan fingerprint density at radius 2 is 1.89 bits per heavy atom. The molecule has 1 aliphatic heterocycles. The summed E-state index contributed by atoms with van der Waals surface area (Å²) in [5.74, 6) is 0.312. The molecule has 0 saturated carbocycles. The van der Waals surface area contributed by atoms with Crippen molar-refractivity contribution in [2.45, 2.75) is 20.3 Å². The molecule has 2 nitrogen and oxygen atoms in total. The van der Waals surface area contributed by atoms with E-state index in [0.29, 0.717) is 12.2 Å². The van der Waals surface area contributed by atoms with Crippen LogP contribution in [0.4, 0.5) is 0 Å². The Morgan fingerprint density at radius 1 is 1.33 bits per heavy atom. The molecule has 0 spiro atoms. The Labute approximate surface area is 56.5 Å². The van der Waals surface area contributed by atoms with E-state index in [1.165, 1.54) is 5.41 Å². The zero-order valence-corrected chi connectivity index (χ0v) is 6.61. The van der Waals surface area contributed by atoms with Crippen LogP contribution in [0, 0.1) is 0 Å². The van der Waals surface area contributed by atoms with Crippen molar-refractivity contribution in [2.24, 2.45) is 0 Å². The molecule has 1 rings (SSSR count). The second-order valence-electron chi connectivity index (χ2n) is 1.53. The summed E-state index contributed by atoms with van der Waals surface area (Å²) in [4.78, 5) is 0. The second-order valence-corrected chi connectivity index (χ2v) is 3.53. The molecule has 0 fully saturated rings. The van der Waals surface area contributed by atoms with E-state index in [1.54, 1.807) is 6.08 Å². The Morgan fingerprint density at radius 3 is 2.00 bits per heavy atom. The maximum Gasteiger partial charge on any atom is 0.171 e. The lowest BCUT2D eigenvalue weighted by Gasteiger charge is -1.79. The van der Waals surface area contributed by atoms with Crippen molar-refractivity contribution < 1.29 is 8.42 Å². The summed E-state index contributed by atoms with van der Waals surface area (Å²) in [5.41, 5.74) is 0. The van der Waals surface area contributed by atoms with Crippen LogP contribution in [0.25, 0.3) is 0 Å². The van der Waals surface area contributed by atoms with Gasteiger partial charge in [-0.2, -0.15) is 0 Å². The molecule has 54 valence electrons. The van der Waals surface area contributed by atoms with Crippen molar-refractivity contribution in [3.05, 3.63) is 11.5 Å². The number of rotatable bonds is 0. The van der Waals surface area contributed by atoms with Crippen molar-refractivity contribution in [1.82, 2.24) is 0 Å². The maximum atomic E-state index is 10.3. The summed E-state index contributed by atoms with van der Waals surface area (Å²) in [6.07, 6.45) is 2.37. The fraction of sp³-hybridized carbons (Fsp3) is 0.667. The molecule has 0 aliphatic carbocycles. The minimum Gasteiger partial charge on any atom is -0.224 e. The largest absolute Gasteiger partial charge is 0.224 e. The van der Waals surface area contributed by atoms with Crippen LogP contribution in [-0.4, -0.2) is 14.2 Å². The van der Waals surface area contributed by atoms with Gasteiger partial charge in [0, 0.05) is 5.41 Å². The van der Waals surface area contributed by atoms with Crippen LogP contribution in [0.1, 0.15) is 20.3 Å². The third kappa shape index (κ3) is 3.30. The zero-order chi connectivity index (χ0) is 7.33. The summed E-state index contributed by atoms with van der Waals surface area (Å²) < 4.78 is 20.7. The van der Waals surface area contributed by atoms with Gasteiger partial charge in [-0.25, -0.2) is 8.42 Å². The van der Waals surface area contributed by atoms with Crippen molar-refractivity contribution in [1.29, 1.82) is 0 Å². The van der Waals surface area contributed by atoms with Crippen LogP contribution >= 0.6 is 0 Å². The Bertz CT molecular complexity index is 177. The van der Waals surface area contributed by atoms with Gasteiger partial charge in [-0.3, -0.25) is 0 Å². The molecule has 0 radical (unpaired) electrons. The maximum absolute atomic E-state index is 10.3. The first-order chi connectivity index (χ1) is 4.21. The summed E-state index contributed by atoms with van der Waals surface area (Å²) in [5, 5.41) is 1.27. The fourth-order valence-corrected chi connectivity index (χ4v) is 1.54. The number of hydrogen-bond donors (Lipinski definition) is 0. The van der Waals surface area contributed by atoms with Gasteiger partial charge in [-0.05, 0) is 6.42 Å². The Kier molecular flexibility index (Phi) is 3.54. The highest BCUT2D eigenvalue weighted by Gasteiger charge is 2.08. The monoisotopic (exact) mass is 148 g/mol. The third-order valence-electron chi connectivity index (χ3n) is 0.873. The Hall–Kier alpha value is -0.310. The molecule has 0 bridgehead atoms. The zero-order valence-electron chi connectivity index (χ0n) is 5.79. The van der Waals surface area contributed by atoms with Crippen LogP contribution in [0.15, 0.2) is 11.5 Å². The van der Waals surface area contributed by atoms with E-state index in [9.17, 15) is 8.42 Å². The fourth-order valence-electron chi connectivity index (χ4n) is 0.515. The molecular formula is C6H12O2S. The van der Waals surface area contributed by atoms with Gasteiger partial charge in [0.1, 0.15) is 0 Å². The molecule has 0 saturated heterocycles. The smallest absolute Gasteiger partial charge is 0.171 e. The van der Waals surface area contributed by atoms with Gasteiger partial charge < -0.3 is 0 Å². The summed E-state index contributed by atoms with van der Waals surface area (Å²) in [7, 11) is -2.73. The first-order valence-corrected chi connectivity index (χ1v) is 4.81. The molecule has 0 N–H and O–H groups in total. The predicted molar refractivity (Wildman–Crippen MR) is 38.9 cm³/mol. The lowest BCUT2D eigenvalue weighted by molar-refractivity contribution is 0.606.